The van der Waals surface area contributed by atoms with Gasteiger partial charge in [-0.2, -0.15) is 13.2 Å². The summed E-state index contributed by atoms with van der Waals surface area (Å²) in [6, 6.07) is 6.44. The fourth-order valence-electron chi connectivity index (χ4n) is 6.66. The van der Waals surface area contributed by atoms with Gasteiger partial charge in [-0.3, -0.25) is 23.9 Å². The van der Waals surface area contributed by atoms with Crippen molar-refractivity contribution in [1.82, 2.24) is 14.8 Å². The number of nitrogens with one attached hydrogen (secondary N) is 1. The Hall–Kier alpha value is -5.11. The van der Waals surface area contributed by atoms with Gasteiger partial charge in [-0.05, 0) is 91.4 Å². The molecule has 0 unspecified atom stereocenters. The van der Waals surface area contributed by atoms with E-state index in [1.807, 2.05) is 13.8 Å². The van der Waals surface area contributed by atoms with Gasteiger partial charge in [-0.25, -0.2) is 13.2 Å². The summed E-state index contributed by atoms with van der Waals surface area (Å²) in [6.07, 6.45) is -6.41. The van der Waals surface area contributed by atoms with Crippen LogP contribution in [0.5, 0.6) is 11.5 Å². The van der Waals surface area contributed by atoms with E-state index in [2.05, 4.69) is 5.32 Å². The highest BCUT2D eigenvalue weighted by atomic mass is 19.4. The molecule has 4 aromatic rings. The highest BCUT2D eigenvalue weighted by molar-refractivity contribution is 5.85. The molecule has 2 atom stereocenters. The maximum atomic E-state index is 15.9. The summed E-state index contributed by atoms with van der Waals surface area (Å²) in [7, 11) is 0. The number of likely N-dealkylation sites (tertiary alicyclic amines) is 1. The summed E-state index contributed by atoms with van der Waals surface area (Å²) in [5.74, 6) is -4.21. The lowest BCUT2D eigenvalue weighted by Gasteiger charge is -2.34. The summed E-state index contributed by atoms with van der Waals surface area (Å²) >= 11 is 0. The number of aromatic nitrogens is 1. The monoisotopic (exact) mass is 713 g/mol. The van der Waals surface area contributed by atoms with Crippen LogP contribution in [0.15, 0.2) is 59.5 Å². The van der Waals surface area contributed by atoms with E-state index in [0.29, 0.717) is 21.8 Å². The second kappa shape index (κ2) is 13.5. The first-order valence-electron chi connectivity index (χ1n) is 16.1. The molecule has 1 amide bonds. The molecule has 6 rings (SSSR count). The second-order valence-electron chi connectivity index (χ2n) is 13.0. The minimum atomic E-state index is -4.98. The average molecular weight is 714 g/mol. The number of carbonyl (C=O) groups excluding carboxylic acids is 1. The van der Waals surface area contributed by atoms with E-state index in [1.54, 1.807) is 23.1 Å². The number of aryl methyl sites for hydroxylation is 2. The molecule has 2 N–H and O–H groups in total. The van der Waals surface area contributed by atoms with E-state index in [9.17, 15) is 37.1 Å². The number of fused-ring (bicyclic) bond motifs is 6. The molecule has 3 heterocycles. The largest absolute Gasteiger partial charge is 0.481 e. The number of rotatable bonds is 6. The standard InChI is InChI=1S/C37H33F6N3O5/c1-18-4-7-30-33(20(18)3)22-10-19(2)34(40)26(11-22)29(14-32(48)49)44-36(50)35(25-12-24(51-30)5-6-28(25)39)46-15-21(8-9-45-16-23(38)17-45)27(13-31(46)47)37(41,42)43/h4-7,10-13,15,23,29,35H,8-9,14,16-17H2,1-3H3,(H,44,50)(H,48,49)/t29-,35+/m0/s1. The van der Waals surface area contributed by atoms with Crippen LogP contribution in [0, 0.1) is 32.4 Å². The Morgan fingerprint density at radius 2 is 1.71 bits per heavy atom. The molecule has 3 aromatic carbocycles. The third kappa shape index (κ3) is 7.09. The highest BCUT2D eigenvalue weighted by Crippen LogP contribution is 2.41. The predicted octanol–water partition coefficient (Wildman–Crippen LogP) is 6.96. The smallest absolute Gasteiger partial charge is 0.416 e. The van der Waals surface area contributed by atoms with E-state index < -0.39 is 76.6 Å². The van der Waals surface area contributed by atoms with Crippen molar-refractivity contribution in [2.75, 3.05) is 19.6 Å². The van der Waals surface area contributed by atoms with Gasteiger partial charge in [0.15, 0.2) is 0 Å². The molecule has 0 radical (unpaired) electrons. The van der Waals surface area contributed by atoms with Gasteiger partial charge in [-0.15, -0.1) is 0 Å². The van der Waals surface area contributed by atoms with Gasteiger partial charge in [0, 0.05) is 48.6 Å². The van der Waals surface area contributed by atoms with E-state index in [0.717, 1.165) is 29.5 Å². The van der Waals surface area contributed by atoms with Crippen molar-refractivity contribution >= 4 is 11.9 Å². The van der Waals surface area contributed by atoms with Crippen molar-refractivity contribution < 1.29 is 45.8 Å². The normalized spacial score (nSPS) is 18.0. The summed E-state index contributed by atoms with van der Waals surface area (Å²) < 4.78 is 94.7. The molecule has 8 nitrogen and oxygen atoms in total. The molecular formula is C37H33F6N3O5. The van der Waals surface area contributed by atoms with Crippen molar-refractivity contribution in [3.8, 4) is 22.6 Å². The fraction of sp³-hybridized carbons (Fsp3) is 0.324. The maximum absolute atomic E-state index is 15.9. The van der Waals surface area contributed by atoms with E-state index in [1.165, 1.54) is 19.1 Å². The molecule has 1 fully saturated rings. The van der Waals surface area contributed by atoms with E-state index in [-0.39, 0.29) is 48.7 Å². The Kier molecular flexibility index (Phi) is 9.49. The summed E-state index contributed by atoms with van der Waals surface area (Å²) in [5, 5.41) is 12.3. The Morgan fingerprint density at radius 3 is 2.37 bits per heavy atom. The van der Waals surface area contributed by atoms with Crippen LogP contribution in [0.4, 0.5) is 26.3 Å². The zero-order chi connectivity index (χ0) is 36.9. The molecule has 1 aromatic heterocycles. The number of hydrogen-bond donors (Lipinski definition) is 2. The van der Waals surface area contributed by atoms with Crippen molar-refractivity contribution in [3.05, 3.63) is 116 Å². The number of ether oxygens (including phenoxy) is 1. The van der Waals surface area contributed by atoms with Crippen LogP contribution in [0.1, 0.15) is 57.4 Å². The zero-order valence-corrected chi connectivity index (χ0v) is 27.7. The van der Waals surface area contributed by atoms with E-state index >= 15 is 8.78 Å². The Balaban J connectivity index is 1.59. The van der Waals surface area contributed by atoms with Crippen molar-refractivity contribution in [2.24, 2.45) is 0 Å². The van der Waals surface area contributed by atoms with Gasteiger partial charge < -0.3 is 15.2 Å². The average Bonchev–Trinajstić information content (AvgIpc) is 3.03. The van der Waals surface area contributed by atoms with Crippen LogP contribution in [-0.4, -0.2) is 52.3 Å². The van der Waals surface area contributed by atoms with Gasteiger partial charge >= 0.3 is 12.1 Å². The van der Waals surface area contributed by atoms with Crippen molar-refractivity contribution in [3.63, 3.8) is 0 Å². The molecule has 0 aliphatic carbocycles. The molecule has 2 aliphatic heterocycles. The molecule has 4 bridgehead atoms. The van der Waals surface area contributed by atoms with Crippen LogP contribution < -0.4 is 15.6 Å². The number of carbonyl (C=O) groups is 2. The molecule has 1 saturated heterocycles. The SMILES string of the molecule is Cc1ccc2c(c1C)-c1cc(C)c(F)c(c1)[C@H](CC(=O)O)NC(=O)[C@H](n1cc(CCN3CC(F)C3)c(C(F)(F)F)cc1=O)c1cc(ccc1F)O2. The second-order valence-corrected chi connectivity index (χ2v) is 13.0. The highest BCUT2D eigenvalue weighted by Gasteiger charge is 2.38. The quantitative estimate of drug-likeness (QED) is 0.210. The lowest BCUT2D eigenvalue weighted by molar-refractivity contribution is -0.139. The zero-order valence-electron chi connectivity index (χ0n) is 27.7. The first kappa shape index (κ1) is 35.7. The van der Waals surface area contributed by atoms with Crippen LogP contribution in [-0.2, 0) is 22.2 Å². The van der Waals surface area contributed by atoms with Gasteiger partial charge in [-0.1, -0.05) is 6.07 Å². The third-order valence-electron chi connectivity index (χ3n) is 9.43. The molecular weight excluding hydrogens is 680 g/mol. The lowest BCUT2D eigenvalue weighted by atomic mass is 9.90. The summed E-state index contributed by atoms with van der Waals surface area (Å²) in [5.41, 5.74) is -1.06. The topological polar surface area (TPSA) is 101 Å². The predicted molar refractivity (Wildman–Crippen MR) is 175 cm³/mol. The molecule has 0 saturated carbocycles. The van der Waals surface area contributed by atoms with Crippen LogP contribution in [0.3, 0.4) is 0 Å². The van der Waals surface area contributed by atoms with Gasteiger partial charge in [0.2, 0.25) is 5.91 Å². The van der Waals surface area contributed by atoms with Crippen LogP contribution >= 0.6 is 0 Å². The van der Waals surface area contributed by atoms with E-state index in [4.69, 9.17) is 4.74 Å². The van der Waals surface area contributed by atoms with Gasteiger partial charge in [0.1, 0.15) is 35.3 Å². The number of carboxylic acid groups (broad SMARTS) is 1. The fourth-order valence-corrected chi connectivity index (χ4v) is 6.66. The molecule has 0 spiro atoms. The molecule has 51 heavy (non-hydrogen) atoms. The summed E-state index contributed by atoms with van der Waals surface area (Å²) in [6.45, 7) is 5.17. The first-order chi connectivity index (χ1) is 24.0. The number of hydrogen-bond acceptors (Lipinski definition) is 5. The number of nitrogens with zero attached hydrogens (tertiary/aromatic N) is 2. The minimum Gasteiger partial charge on any atom is -0.481 e. The number of pyridine rings is 1. The number of alkyl halides is 4. The number of benzene rings is 3. The minimum absolute atomic E-state index is 0.00417. The van der Waals surface area contributed by atoms with Crippen LogP contribution in [0.2, 0.25) is 0 Å². The molecule has 2 aliphatic rings. The Morgan fingerprint density at radius 1 is 0.980 bits per heavy atom. The number of amides is 1. The third-order valence-corrected chi connectivity index (χ3v) is 9.43. The van der Waals surface area contributed by atoms with Crippen molar-refractivity contribution in [1.29, 1.82) is 0 Å². The lowest BCUT2D eigenvalue weighted by Crippen LogP contribution is -2.49. The number of halogens is 6. The van der Waals surface area contributed by atoms with Crippen LogP contribution in [0.25, 0.3) is 11.1 Å². The maximum Gasteiger partial charge on any atom is 0.416 e. The van der Waals surface area contributed by atoms with Gasteiger partial charge in [0.05, 0.1) is 18.0 Å². The summed E-state index contributed by atoms with van der Waals surface area (Å²) in [4.78, 5) is 41.5. The molecule has 14 heteroatoms. The van der Waals surface area contributed by atoms with Gasteiger partial charge in [0.25, 0.3) is 5.56 Å². The Labute approximate surface area is 288 Å². The molecule has 268 valence electrons. The Bertz CT molecular complexity index is 2110. The van der Waals surface area contributed by atoms with Crippen molar-refractivity contribution in [2.45, 2.75) is 58.0 Å². The number of carboxylic acids is 1. The number of aliphatic carboxylic acids is 1. The first-order valence-corrected chi connectivity index (χ1v) is 16.1.